The fourth-order valence-electron chi connectivity index (χ4n) is 11.7. The van der Waals surface area contributed by atoms with E-state index in [0.29, 0.717) is 47.1 Å². The van der Waals surface area contributed by atoms with Gasteiger partial charge in [-0.05, 0) is 116 Å². The highest BCUT2D eigenvalue weighted by molar-refractivity contribution is 6.01. The number of likely N-dealkylation sites (tertiary alicyclic amines) is 1. The first kappa shape index (κ1) is 51.0. The summed E-state index contributed by atoms with van der Waals surface area (Å²) in [6.07, 6.45) is 14.7. The zero-order chi connectivity index (χ0) is 50.3. The second kappa shape index (κ2) is 23.3. The SMILES string of the molecule is CCOC(=O)c1cnc(Nc2cnn(C(C)C)c2)nc1NC1CCC(N2CCN(C(=O)C3CCC(C(=O)N4CCC(CN5CCN(c6ccc(NC7CCC(=O)NC7=O)cc6F)CC5)CC4)CC3)CC2)CC1. The molecule has 2 aliphatic carbocycles. The third kappa shape index (κ3) is 12.5. The smallest absolute Gasteiger partial charge is 0.343 e. The van der Waals surface area contributed by atoms with Crippen LogP contribution in [0.3, 0.4) is 0 Å². The minimum Gasteiger partial charge on any atom is -0.462 e. The first-order valence-electron chi connectivity index (χ1n) is 26.7. The minimum atomic E-state index is -0.559. The van der Waals surface area contributed by atoms with E-state index < -0.39 is 12.0 Å². The summed E-state index contributed by atoms with van der Waals surface area (Å²) >= 11 is 0. The van der Waals surface area contributed by atoms with E-state index in [1.807, 2.05) is 10.9 Å². The summed E-state index contributed by atoms with van der Waals surface area (Å²) in [6, 6.07) is 5.23. The molecule has 72 heavy (non-hydrogen) atoms. The number of piperazine rings is 2. The number of carbonyl (C=O) groups is 5. The lowest BCUT2D eigenvalue weighted by molar-refractivity contribution is -0.143. The van der Waals surface area contributed by atoms with Gasteiger partial charge in [-0.15, -0.1) is 0 Å². The Hall–Kier alpha value is -5.89. The summed E-state index contributed by atoms with van der Waals surface area (Å²) in [5.74, 6) is 0.385. The average Bonchev–Trinajstić information content (AvgIpc) is 3.87. The number of anilines is 5. The van der Waals surface area contributed by atoms with Gasteiger partial charge in [-0.25, -0.2) is 14.2 Å². The number of ether oxygens (including phenoxy) is 1. The molecule has 4 saturated heterocycles. The van der Waals surface area contributed by atoms with Gasteiger partial charge in [0.1, 0.15) is 23.2 Å². The lowest BCUT2D eigenvalue weighted by Gasteiger charge is -2.43. The van der Waals surface area contributed by atoms with Crippen LogP contribution in [-0.4, -0.2) is 166 Å². The molecule has 1 aromatic carbocycles. The molecule has 1 unspecified atom stereocenters. The van der Waals surface area contributed by atoms with Crippen LogP contribution in [0.15, 0.2) is 36.8 Å². The molecule has 3 aromatic rings. The van der Waals surface area contributed by atoms with Crippen molar-refractivity contribution in [2.45, 2.75) is 122 Å². The fourth-order valence-corrected chi connectivity index (χ4v) is 11.7. The standard InChI is InChI=1S/C52H74FN13O6/c1-4-72-51(71)42-31-54-52(58-40-30-55-66(33-40)34(2)3)60-47(42)57-38-9-12-41(13-10-38)62-25-27-65(28-26-62)50(70)37-7-5-36(6-8-37)49(69)64-19-17-35(18-20-64)32-61-21-23-63(24-22-61)45-15-11-39(29-43(45)53)56-44-14-16-46(67)59-48(44)68/h11,15,29-31,33-38,41,44,56H,4-10,12-14,16-28,32H2,1-3H3,(H,59,67,68)(H2,54,57,58,60). The van der Waals surface area contributed by atoms with Crippen LogP contribution in [-0.2, 0) is 23.9 Å². The predicted octanol–water partition coefficient (Wildman–Crippen LogP) is 5.27. The van der Waals surface area contributed by atoms with E-state index in [4.69, 9.17) is 9.72 Å². The molecule has 6 heterocycles. The monoisotopic (exact) mass is 996 g/mol. The van der Waals surface area contributed by atoms with Gasteiger partial charge in [0.15, 0.2) is 0 Å². The predicted molar refractivity (Wildman–Crippen MR) is 271 cm³/mol. The van der Waals surface area contributed by atoms with Crippen molar-refractivity contribution in [3.63, 3.8) is 0 Å². The van der Waals surface area contributed by atoms with Crippen molar-refractivity contribution in [2.75, 3.05) is 99.4 Å². The zero-order valence-electron chi connectivity index (χ0n) is 42.3. The molecule has 0 spiro atoms. The molecule has 20 heteroatoms. The number of halogens is 1. The summed E-state index contributed by atoms with van der Waals surface area (Å²) in [4.78, 5) is 84.4. The van der Waals surface area contributed by atoms with Crippen LogP contribution in [0.25, 0.3) is 0 Å². The second-order valence-corrected chi connectivity index (χ2v) is 21.0. The molecule has 6 aliphatic rings. The molecular weight excluding hydrogens is 922 g/mol. The van der Waals surface area contributed by atoms with Gasteiger partial charge in [0.25, 0.3) is 0 Å². The molecule has 19 nitrogen and oxygen atoms in total. The van der Waals surface area contributed by atoms with Crippen LogP contribution in [0.1, 0.15) is 114 Å². The maximum Gasteiger partial charge on any atom is 0.343 e. The van der Waals surface area contributed by atoms with Gasteiger partial charge in [0, 0.05) is 126 Å². The number of nitrogens with zero attached hydrogens (tertiary/aromatic N) is 9. The number of rotatable bonds is 15. The molecule has 9 rings (SSSR count). The number of benzene rings is 1. The maximum absolute atomic E-state index is 15.3. The Kier molecular flexibility index (Phi) is 16.5. The summed E-state index contributed by atoms with van der Waals surface area (Å²) in [7, 11) is 0. The number of esters is 1. The van der Waals surface area contributed by atoms with Crippen molar-refractivity contribution in [1.29, 1.82) is 0 Å². The van der Waals surface area contributed by atoms with E-state index in [2.05, 4.69) is 69.7 Å². The minimum absolute atomic E-state index is 0.00627. The van der Waals surface area contributed by atoms with Crippen LogP contribution in [0.5, 0.6) is 0 Å². The quantitative estimate of drug-likeness (QED) is 0.113. The van der Waals surface area contributed by atoms with Gasteiger partial charge in [0.05, 0.1) is 24.2 Å². The summed E-state index contributed by atoms with van der Waals surface area (Å²) in [6.45, 7) is 15.0. The topological polar surface area (TPSA) is 202 Å². The third-order valence-corrected chi connectivity index (χ3v) is 16.0. The van der Waals surface area contributed by atoms with E-state index in [1.165, 1.54) is 12.3 Å². The van der Waals surface area contributed by atoms with Crippen LogP contribution in [0, 0.1) is 23.6 Å². The van der Waals surface area contributed by atoms with Crippen molar-refractivity contribution < 1.29 is 33.1 Å². The fraction of sp³-hybridized carbons (Fsp3) is 0.654. The number of piperidine rings is 2. The van der Waals surface area contributed by atoms with Crippen LogP contribution >= 0.6 is 0 Å². The largest absolute Gasteiger partial charge is 0.462 e. The number of imide groups is 1. The summed E-state index contributed by atoms with van der Waals surface area (Å²) in [5.41, 5.74) is 2.14. The van der Waals surface area contributed by atoms with Gasteiger partial charge >= 0.3 is 5.97 Å². The summed E-state index contributed by atoms with van der Waals surface area (Å²) < 4.78 is 22.5. The van der Waals surface area contributed by atoms with Gasteiger partial charge in [-0.1, -0.05) is 0 Å². The number of amides is 4. The molecule has 2 aromatic heterocycles. The zero-order valence-corrected chi connectivity index (χ0v) is 42.3. The molecule has 4 amide bonds. The van der Waals surface area contributed by atoms with Gasteiger partial charge in [-0.3, -0.25) is 39.0 Å². The molecule has 4 N–H and O–H groups in total. The highest BCUT2D eigenvalue weighted by atomic mass is 19.1. The molecule has 0 bridgehead atoms. The normalized spacial score (nSPS) is 25.0. The summed E-state index contributed by atoms with van der Waals surface area (Å²) in [5, 5.41) is 16.5. The Balaban J connectivity index is 0.653. The van der Waals surface area contributed by atoms with E-state index in [1.54, 1.807) is 25.3 Å². The van der Waals surface area contributed by atoms with Gasteiger partial charge in [-0.2, -0.15) is 10.1 Å². The van der Waals surface area contributed by atoms with Crippen LogP contribution in [0.2, 0.25) is 0 Å². The van der Waals surface area contributed by atoms with Crippen molar-refractivity contribution in [3.8, 4) is 0 Å². The Morgan fingerprint density at radius 2 is 1.47 bits per heavy atom. The Labute approximate surface area is 422 Å². The highest BCUT2D eigenvalue weighted by Gasteiger charge is 2.37. The molecular formula is C52H74FN13O6. The molecule has 2 saturated carbocycles. The van der Waals surface area contributed by atoms with Crippen LogP contribution in [0.4, 0.5) is 33.2 Å². The first-order chi connectivity index (χ1) is 34.9. The van der Waals surface area contributed by atoms with Gasteiger partial charge < -0.3 is 35.4 Å². The highest BCUT2D eigenvalue weighted by Crippen LogP contribution is 2.34. The molecule has 1 atom stereocenters. The van der Waals surface area contributed by atoms with E-state index >= 15 is 4.39 Å². The number of carbonyl (C=O) groups excluding carboxylic acids is 5. The molecule has 0 radical (unpaired) electrons. The number of aromatic nitrogens is 4. The van der Waals surface area contributed by atoms with Gasteiger partial charge in [0.2, 0.25) is 29.6 Å². The molecule has 390 valence electrons. The maximum atomic E-state index is 15.3. The van der Waals surface area contributed by atoms with E-state index in [9.17, 15) is 24.0 Å². The van der Waals surface area contributed by atoms with Crippen molar-refractivity contribution in [2.24, 2.45) is 17.8 Å². The van der Waals surface area contributed by atoms with Crippen molar-refractivity contribution in [1.82, 2.24) is 44.7 Å². The average molecular weight is 996 g/mol. The lowest BCUT2D eigenvalue weighted by atomic mass is 9.80. The Morgan fingerprint density at radius 3 is 2.10 bits per heavy atom. The molecule has 6 fully saturated rings. The number of nitrogens with one attached hydrogen (secondary N) is 4. The Morgan fingerprint density at radius 1 is 0.792 bits per heavy atom. The molecule has 4 aliphatic heterocycles. The second-order valence-electron chi connectivity index (χ2n) is 21.0. The number of hydrogen-bond acceptors (Lipinski definition) is 15. The van der Waals surface area contributed by atoms with Crippen molar-refractivity contribution >= 4 is 58.4 Å². The Bertz CT molecular complexity index is 2380. The van der Waals surface area contributed by atoms with E-state index in [-0.39, 0.29) is 66.4 Å². The van der Waals surface area contributed by atoms with Crippen LogP contribution < -0.4 is 26.2 Å². The number of hydrogen-bond donors (Lipinski definition) is 4. The lowest BCUT2D eigenvalue weighted by Crippen LogP contribution is -2.54. The third-order valence-electron chi connectivity index (χ3n) is 16.0. The first-order valence-corrected chi connectivity index (χ1v) is 26.7. The van der Waals surface area contributed by atoms with Crippen molar-refractivity contribution in [3.05, 3.63) is 48.2 Å². The van der Waals surface area contributed by atoms with E-state index in [0.717, 1.165) is 142 Å².